The van der Waals surface area contributed by atoms with Gasteiger partial charge in [-0.3, -0.25) is 4.79 Å². The Hall–Kier alpha value is -4.24. The number of fused-ring (bicyclic) bond motifs is 2. The molecule has 9 nitrogen and oxygen atoms in total. The summed E-state index contributed by atoms with van der Waals surface area (Å²) in [6.45, 7) is 4.14. The normalized spacial score (nSPS) is 14.6. The minimum absolute atomic E-state index is 0.190. The monoisotopic (exact) mass is 466 g/mol. The maximum absolute atomic E-state index is 13.0. The lowest BCUT2D eigenvalue weighted by molar-refractivity contribution is 0.102. The van der Waals surface area contributed by atoms with Crippen LogP contribution in [-0.2, 0) is 7.05 Å². The van der Waals surface area contributed by atoms with Crippen molar-refractivity contribution in [3.63, 3.8) is 0 Å². The van der Waals surface area contributed by atoms with Gasteiger partial charge < -0.3 is 20.1 Å². The van der Waals surface area contributed by atoms with Crippen LogP contribution in [0.15, 0.2) is 60.9 Å². The van der Waals surface area contributed by atoms with E-state index in [1.165, 1.54) is 5.69 Å². The average Bonchev–Trinajstić information content (AvgIpc) is 3.48. The van der Waals surface area contributed by atoms with Gasteiger partial charge in [0.05, 0.1) is 11.1 Å². The first-order valence-electron chi connectivity index (χ1n) is 11.7. The Balaban J connectivity index is 1.23. The number of carbonyl (C=O) groups excluding carboxylic acids is 1. The molecule has 3 aromatic heterocycles. The maximum Gasteiger partial charge on any atom is 0.257 e. The molecule has 1 fully saturated rings. The van der Waals surface area contributed by atoms with Crippen LogP contribution in [0, 0.1) is 0 Å². The molecule has 0 unspecified atom stereocenters. The summed E-state index contributed by atoms with van der Waals surface area (Å²) in [5, 5.41) is 12.1. The lowest BCUT2D eigenvalue weighted by Gasteiger charge is -2.34. The van der Waals surface area contributed by atoms with Gasteiger partial charge in [0.1, 0.15) is 11.2 Å². The van der Waals surface area contributed by atoms with Crippen molar-refractivity contribution >= 4 is 39.3 Å². The number of pyridine rings is 1. The van der Waals surface area contributed by atoms with Gasteiger partial charge >= 0.3 is 0 Å². The lowest BCUT2D eigenvalue weighted by Crippen LogP contribution is -2.44. The lowest BCUT2D eigenvalue weighted by atomic mass is 10.0. The molecular weight excluding hydrogens is 440 g/mol. The molecule has 0 bridgehead atoms. The van der Waals surface area contributed by atoms with Gasteiger partial charge in [-0.2, -0.15) is 0 Å². The molecule has 0 saturated carbocycles. The number of carbonyl (C=O) groups is 1. The van der Waals surface area contributed by atoms with Crippen molar-refractivity contribution in [2.24, 2.45) is 7.05 Å². The summed E-state index contributed by atoms with van der Waals surface area (Å²) in [4.78, 5) is 25.4. The van der Waals surface area contributed by atoms with E-state index in [9.17, 15) is 4.79 Å². The Morgan fingerprint density at radius 2 is 1.80 bits per heavy atom. The number of hydrogen-bond acceptors (Lipinski definition) is 6. The van der Waals surface area contributed by atoms with Crippen LogP contribution >= 0.6 is 0 Å². The Kier molecular flexibility index (Phi) is 5.18. The molecule has 5 aromatic rings. The molecule has 1 aliphatic heterocycles. The van der Waals surface area contributed by atoms with Crippen molar-refractivity contribution in [3.05, 3.63) is 66.5 Å². The Morgan fingerprint density at radius 3 is 2.60 bits per heavy atom. The Bertz CT molecular complexity index is 1530. The van der Waals surface area contributed by atoms with Crippen molar-refractivity contribution < 1.29 is 4.79 Å². The number of H-pyrrole nitrogens is 1. The van der Waals surface area contributed by atoms with Gasteiger partial charge in [0.25, 0.3) is 5.91 Å². The van der Waals surface area contributed by atoms with E-state index in [4.69, 9.17) is 0 Å². The van der Waals surface area contributed by atoms with Gasteiger partial charge in [0, 0.05) is 67.9 Å². The van der Waals surface area contributed by atoms with Crippen molar-refractivity contribution in [1.29, 1.82) is 0 Å². The van der Waals surface area contributed by atoms with Crippen LogP contribution in [0.25, 0.3) is 33.2 Å². The van der Waals surface area contributed by atoms with Crippen molar-refractivity contribution in [1.82, 2.24) is 29.9 Å². The molecular formula is C26H26N8O. The summed E-state index contributed by atoms with van der Waals surface area (Å²) in [5.74, 6) is -0.190. The largest absolute Gasteiger partial charge is 0.369 e. The molecule has 1 aliphatic rings. The maximum atomic E-state index is 13.0. The molecule has 1 amide bonds. The number of anilines is 2. The summed E-state index contributed by atoms with van der Waals surface area (Å²) in [5.41, 5.74) is 6.94. The molecule has 4 heterocycles. The fourth-order valence-corrected chi connectivity index (χ4v) is 4.59. The van der Waals surface area contributed by atoms with Gasteiger partial charge in [-0.05, 0) is 55.1 Å². The second-order valence-corrected chi connectivity index (χ2v) is 9.03. The number of amides is 1. The summed E-state index contributed by atoms with van der Waals surface area (Å²) < 4.78 is 1.75. The Morgan fingerprint density at radius 1 is 1.00 bits per heavy atom. The van der Waals surface area contributed by atoms with Gasteiger partial charge in [-0.1, -0.05) is 11.3 Å². The number of aryl methyl sites for hydroxylation is 1. The highest BCUT2D eigenvalue weighted by Crippen LogP contribution is 2.30. The fourth-order valence-electron chi connectivity index (χ4n) is 4.59. The first kappa shape index (κ1) is 21.3. The minimum atomic E-state index is -0.190. The number of rotatable bonds is 4. The first-order chi connectivity index (χ1) is 17.0. The molecule has 35 heavy (non-hydrogen) atoms. The summed E-state index contributed by atoms with van der Waals surface area (Å²) in [6, 6.07) is 15.9. The summed E-state index contributed by atoms with van der Waals surface area (Å²) >= 11 is 0. The van der Waals surface area contributed by atoms with Crippen LogP contribution in [0.3, 0.4) is 0 Å². The van der Waals surface area contributed by atoms with Crippen molar-refractivity contribution in [3.8, 4) is 11.1 Å². The predicted molar refractivity (Wildman–Crippen MR) is 138 cm³/mol. The topological polar surface area (TPSA) is 95.0 Å². The summed E-state index contributed by atoms with van der Waals surface area (Å²) in [7, 11) is 4.02. The van der Waals surface area contributed by atoms with E-state index < -0.39 is 0 Å². The molecule has 176 valence electrons. The molecule has 0 spiro atoms. The molecule has 6 rings (SSSR count). The number of nitrogens with one attached hydrogen (secondary N) is 2. The van der Waals surface area contributed by atoms with Crippen molar-refractivity contribution in [2.45, 2.75) is 0 Å². The number of likely N-dealkylation sites (N-methyl/N-ethyl adjacent to an activating group) is 1. The quantitative estimate of drug-likeness (QED) is 0.421. The van der Waals surface area contributed by atoms with Crippen LogP contribution in [-0.4, -0.2) is 69.0 Å². The SMILES string of the molecule is CN1CCN(c2ccc(NC(=O)c3cnc4[nH]cc(-c5ccc6nnn(C)c6c5)c4c3)cc2)CC1. The van der Waals surface area contributed by atoms with E-state index >= 15 is 0 Å². The van der Waals surface area contributed by atoms with Crippen LogP contribution in [0.5, 0.6) is 0 Å². The molecule has 0 atom stereocenters. The van der Waals surface area contributed by atoms with E-state index in [0.717, 1.165) is 65.1 Å². The van der Waals surface area contributed by atoms with Crippen LogP contribution < -0.4 is 10.2 Å². The van der Waals surface area contributed by atoms with E-state index in [0.29, 0.717) is 5.56 Å². The van der Waals surface area contributed by atoms with Crippen LogP contribution in [0.4, 0.5) is 11.4 Å². The van der Waals surface area contributed by atoms with Gasteiger partial charge in [0.15, 0.2) is 0 Å². The number of aromatic amines is 1. The zero-order chi connectivity index (χ0) is 23.9. The third-order valence-corrected chi connectivity index (χ3v) is 6.71. The molecule has 1 saturated heterocycles. The van der Waals surface area contributed by atoms with E-state index in [1.807, 2.05) is 49.6 Å². The predicted octanol–water partition coefficient (Wildman–Crippen LogP) is 3.52. The van der Waals surface area contributed by atoms with Gasteiger partial charge in [-0.25, -0.2) is 9.67 Å². The zero-order valence-electron chi connectivity index (χ0n) is 19.7. The number of benzene rings is 2. The second kappa shape index (κ2) is 8.52. The highest BCUT2D eigenvalue weighted by atomic mass is 16.1. The highest BCUT2D eigenvalue weighted by molar-refractivity contribution is 6.07. The molecule has 0 radical (unpaired) electrons. The van der Waals surface area contributed by atoms with E-state index in [-0.39, 0.29) is 5.91 Å². The molecule has 9 heteroatoms. The number of nitrogens with zero attached hydrogens (tertiary/aromatic N) is 6. The molecule has 2 aromatic carbocycles. The van der Waals surface area contributed by atoms with E-state index in [1.54, 1.807) is 10.9 Å². The fraction of sp³-hybridized carbons (Fsp3) is 0.231. The minimum Gasteiger partial charge on any atom is -0.369 e. The first-order valence-corrected chi connectivity index (χ1v) is 11.7. The average molecular weight is 467 g/mol. The Labute approximate surface area is 202 Å². The second-order valence-electron chi connectivity index (χ2n) is 9.03. The van der Waals surface area contributed by atoms with Crippen LogP contribution in [0.1, 0.15) is 10.4 Å². The number of hydrogen-bond donors (Lipinski definition) is 2. The molecule has 0 aliphatic carbocycles. The summed E-state index contributed by atoms with van der Waals surface area (Å²) in [6.07, 6.45) is 3.52. The van der Waals surface area contributed by atoms with E-state index in [2.05, 4.69) is 54.6 Å². The standard InChI is InChI=1S/C26H26N8O/c1-32-9-11-34(12-10-32)20-6-4-19(5-7-20)29-26(35)18-13-21-22(16-28-25(21)27-15-18)17-3-8-23-24(14-17)33(2)31-30-23/h3-8,13-16H,9-12H2,1-2H3,(H,27,28)(H,29,35). The zero-order valence-corrected chi connectivity index (χ0v) is 19.7. The molecule has 2 N–H and O–H groups in total. The van der Waals surface area contributed by atoms with Gasteiger partial charge in [-0.15, -0.1) is 5.10 Å². The van der Waals surface area contributed by atoms with Crippen LogP contribution in [0.2, 0.25) is 0 Å². The highest BCUT2D eigenvalue weighted by Gasteiger charge is 2.16. The smallest absolute Gasteiger partial charge is 0.257 e. The van der Waals surface area contributed by atoms with Crippen molar-refractivity contribution in [2.75, 3.05) is 43.4 Å². The number of piperazine rings is 1. The van der Waals surface area contributed by atoms with Gasteiger partial charge in [0.2, 0.25) is 0 Å². The number of aromatic nitrogens is 5. The third-order valence-electron chi connectivity index (χ3n) is 6.71. The third kappa shape index (κ3) is 4.00.